The van der Waals surface area contributed by atoms with Gasteiger partial charge in [-0.2, -0.15) is 0 Å². The molecular weight excluding hydrogens is 167 g/mol. The molecular formula is C8H15Cl2. The Hall–Kier alpha value is 0.580. The van der Waals surface area contributed by atoms with Crippen molar-refractivity contribution in [2.75, 3.05) is 0 Å². The first-order chi connectivity index (χ1) is 4.63. The summed E-state index contributed by atoms with van der Waals surface area (Å²) in [6, 6.07) is 0. The smallest absolute Gasteiger partial charge is 0.0814 e. The summed E-state index contributed by atoms with van der Waals surface area (Å²) in [5, 5.41) is 0.938. The summed E-state index contributed by atoms with van der Waals surface area (Å²) in [5.41, 5.74) is 0. The van der Waals surface area contributed by atoms with E-state index in [9.17, 15) is 0 Å². The quantitative estimate of drug-likeness (QED) is 0.579. The number of rotatable bonds is 4. The van der Waals surface area contributed by atoms with Crippen molar-refractivity contribution in [2.24, 2.45) is 5.92 Å². The minimum atomic E-state index is 0.0525. The highest BCUT2D eigenvalue weighted by Gasteiger charge is 2.20. The lowest BCUT2D eigenvalue weighted by atomic mass is 10.0. The van der Waals surface area contributed by atoms with Crippen LogP contribution in [-0.4, -0.2) is 5.38 Å². The lowest BCUT2D eigenvalue weighted by Crippen LogP contribution is -2.15. The first-order valence-electron chi connectivity index (χ1n) is 3.78. The van der Waals surface area contributed by atoms with Crippen LogP contribution in [0, 0.1) is 11.3 Å². The van der Waals surface area contributed by atoms with Gasteiger partial charge in [-0.25, -0.2) is 0 Å². The highest BCUT2D eigenvalue weighted by Crippen LogP contribution is 2.29. The van der Waals surface area contributed by atoms with Crippen LogP contribution >= 0.6 is 23.2 Å². The third-order valence-electron chi connectivity index (χ3n) is 1.78. The average Bonchev–Trinajstić information content (AvgIpc) is 2.00. The Labute approximate surface area is 73.9 Å². The lowest BCUT2D eigenvalue weighted by Gasteiger charge is -2.19. The second kappa shape index (κ2) is 5.26. The fourth-order valence-electron chi connectivity index (χ4n) is 0.711. The molecule has 0 N–H and O–H groups in total. The molecule has 0 aromatic rings. The van der Waals surface area contributed by atoms with Crippen molar-refractivity contribution in [2.45, 2.75) is 39.0 Å². The molecule has 0 amide bonds. The molecule has 0 aliphatic carbocycles. The van der Waals surface area contributed by atoms with Gasteiger partial charge in [-0.1, -0.05) is 27.2 Å². The fraction of sp³-hybridized carbons (Fsp3) is 0.875. The zero-order chi connectivity index (χ0) is 8.15. The molecule has 0 rings (SSSR count). The van der Waals surface area contributed by atoms with Crippen LogP contribution in [0.15, 0.2) is 0 Å². The van der Waals surface area contributed by atoms with Gasteiger partial charge < -0.3 is 0 Å². The van der Waals surface area contributed by atoms with Gasteiger partial charge in [0.25, 0.3) is 0 Å². The number of halogens is 2. The molecule has 2 unspecified atom stereocenters. The Kier molecular flexibility index (Phi) is 5.56. The maximum absolute atomic E-state index is 6.01. The maximum Gasteiger partial charge on any atom is 0.0814 e. The third kappa shape index (κ3) is 3.12. The molecule has 0 saturated carbocycles. The highest BCUT2D eigenvalue weighted by molar-refractivity contribution is 6.35. The van der Waals surface area contributed by atoms with Gasteiger partial charge in [-0.3, -0.25) is 0 Å². The standard InChI is InChI=1S/C8H15Cl2/c1-4-6(3)8(10)7(9)5-2/h6,8H,4-5H2,1-3H3. The Morgan fingerprint density at radius 1 is 1.40 bits per heavy atom. The Balaban J connectivity index is 3.69. The van der Waals surface area contributed by atoms with E-state index < -0.39 is 0 Å². The second-order valence-electron chi connectivity index (χ2n) is 2.59. The van der Waals surface area contributed by atoms with Crippen LogP contribution in [0.1, 0.15) is 33.6 Å². The average molecular weight is 182 g/mol. The second-order valence-corrected chi connectivity index (χ2v) is 3.54. The molecule has 1 radical (unpaired) electrons. The molecule has 10 heavy (non-hydrogen) atoms. The molecule has 0 heterocycles. The first kappa shape index (κ1) is 10.6. The zero-order valence-corrected chi connectivity index (χ0v) is 8.34. The SMILES string of the molecule is CC[C](Cl)C(Cl)C(C)CC. The molecule has 0 bridgehead atoms. The van der Waals surface area contributed by atoms with Crippen LogP contribution in [0.5, 0.6) is 0 Å². The molecule has 0 aliphatic rings. The molecule has 61 valence electrons. The molecule has 2 heteroatoms. The summed E-state index contributed by atoms with van der Waals surface area (Å²) in [6.07, 6.45) is 1.96. The molecule has 0 aliphatic heterocycles. The van der Waals surface area contributed by atoms with E-state index in [1.807, 2.05) is 6.92 Å². The van der Waals surface area contributed by atoms with E-state index in [1.54, 1.807) is 0 Å². The van der Waals surface area contributed by atoms with Crippen LogP contribution < -0.4 is 0 Å². The van der Waals surface area contributed by atoms with Crippen molar-refractivity contribution in [3.63, 3.8) is 0 Å². The highest BCUT2D eigenvalue weighted by atomic mass is 35.5. The van der Waals surface area contributed by atoms with Gasteiger partial charge in [-0.05, 0) is 12.3 Å². The predicted octanol–water partition coefficient (Wildman–Crippen LogP) is 3.82. The van der Waals surface area contributed by atoms with Crippen molar-refractivity contribution >= 4 is 23.2 Å². The Bertz CT molecular complexity index is 73.3. The number of hydrogen-bond donors (Lipinski definition) is 0. The molecule has 0 aromatic heterocycles. The van der Waals surface area contributed by atoms with E-state index in [0.717, 1.165) is 18.2 Å². The number of alkyl halides is 1. The molecule has 2 atom stereocenters. The van der Waals surface area contributed by atoms with Gasteiger partial charge >= 0.3 is 0 Å². The van der Waals surface area contributed by atoms with Gasteiger partial charge in [0.05, 0.1) is 10.8 Å². The summed E-state index contributed by atoms with van der Waals surface area (Å²) in [5.74, 6) is 0.495. The van der Waals surface area contributed by atoms with Crippen LogP contribution in [-0.2, 0) is 0 Å². The maximum atomic E-state index is 6.01. The summed E-state index contributed by atoms with van der Waals surface area (Å²) in [6.45, 7) is 6.27. The molecule has 0 spiro atoms. The van der Waals surface area contributed by atoms with Gasteiger partial charge in [0, 0.05) is 0 Å². The van der Waals surface area contributed by atoms with E-state index >= 15 is 0 Å². The van der Waals surface area contributed by atoms with E-state index in [0.29, 0.717) is 5.92 Å². The Morgan fingerprint density at radius 3 is 2.20 bits per heavy atom. The van der Waals surface area contributed by atoms with E-state index in [1.165, 1.54) is 0 Å². The van der Waals surface area contributed by atoms with Gasteiger partial charge in [0.1, 0.15) is 0 Å². The van der Waals surface area contributed by atoms with Crippen LogP contribution in [0.2, 0.25) is 0 Å². The van der Waals surface area contributed by atoms with E-state index in [-0.39, 0.29) is 5.38 Å². The topological polar surface area (TPSA) is 0 Å². The molecule has 0 saturated heterocycles. The predicted molar refractivity (Wildman–Crippen MR) is 48.5 cm³/mol. The van der Waals surface area contributed by atoms with Gasteiger partial charge in [-0.15, -0.1) is 23.2 Å². The van der Waals surface area contributed by atoms with Gasteiger partial charge in [0.2, 0.25) is 0 Å². The molecule has 0 aromatic carbocycles. The summed E-state index contributed by atoms with van der Waals surface area (Å²) < 4.78 is 0. The fourth-order valence-corrected chi connectivity index (χ4v) is 1.26. The van der Waals surface area contributed by atoms with Crippen molar-refractivity contribution in [1.29, 1.82) is 0 Å². The van der Waals surface area contributed by atoms with E-state index in [2.05, 4.69) is 13.8 Å². The van der Waals surface area contributed by atoms with E-state index in [4.69, 9.17) is 23.2 Å². The minimum Gasteiger partial charge on any atom is -0.121 e. The molecule has 0 nitrogen and oxygen atoms in total. The molecule has 0 fully saturated rings. The van der Waals surface area contributed by atoms with Crippen molar-refractivity contribution < 1.29 is 0 Å². The van der Waals surface area contributed by atoms with Crippen molar-refractivity contribution in [3.8, 4) is 0 Å². The monoisotopic (exact) mass is 181 g/mol. The normalized spacial score (nSPS) is 17.4. The van der Waals surface area contributed by atoms with Gasteiger partial charge in [0.15, 0.2) is 0 Å². The zero-order valence-electron chi connectivity index (χ0n) is 6.82. The number of hydrogen-bond acceptors (Lipinski definition) is 0. The Morgan fingerprint density at radius 2 is 1.90 bits per heavy atom. The third-order valence-corrected chi connectivity index (χ3v) is 3.09. The minimum absolute atomic E-state index is 0.0525. The first-order valence-corrected chi connectivity index (χ1v) is 4.60. The van der Waals surface area contributed by atoms with Crippen molar-refractivity contribution in [1.82, 2.24) is 0 Å². The summed E-state index contributed by atoms with van der Waals surface area (Å²) in [4.78, 5) is 0. The van der Waals surface area contributed by atoms with Crippen molar-refractivity contribution in [3.05, 3.63) is 5.38 Å². The van der Waals surface area contributed by atoms with Crippen LogP contribution in [0.3, 0.4) is 0 Å². The summed E-state index contributed by atoms with van der Waals surface area (Å²) >= 11 is 11.9. The summed E-state index contributed by atoms with van der Waals surface area (Å²) in [7, 11) is 0. The lowest BCUT2D eigenvalue weighted by molar-refractivity contribution is 0.544. The largest absolute Gasteiger partial charge is 0.121 e. The van der Waals surface area contributed by atoms with Crippen LogP contribution in [0.25, 0.3) is 0 Å². The van der Waals surface area contributed by atoms with Crippen LogP contribution in [0.4, 0.5) is 0 Å².